The number of likely N-dealkylation sites (N-methyl/N-ethyl adjacent to an activating group) is 1. The summed E-state index contributed by atoms with van der Waals surface area (Å²) < 4.78 is 8.80. The minimum Gasteiger partial charge on any atom is -0.375 e. The Hall–Kier alpha value is -0.970. The summed E-state index contributed by atoms with van der Waals surface area (Å²) in [5, 5.41) is 0. The fraction of sp³-hybridized carbons (Fsp3) is 0.792. The summed E-state index contributed by atoms with van der Waals surface area (Å²) in [5.41, 5.74) is 1.28. The van der Waals surface area contributed by atoms with Crippen molar-refractivity contribution < 1.29 is 13.7 Å². The molecule has 0 saturated carbocycles. The van der Waals surface area contributed by atoms with Crippen LogP contribution in [-0.2, 0) is 4.74 Å². The molecule has 5 atom stereocenters. The molecule has 1 aromatic rings. The summed E-state index contributed by atoms with van der Waals surface area (Å²) in [5.74, 6) is 1.39. The Morgan fingerprint density at radius 2 is 1.86 bits per heavy atom. The summed E-state index contributed by atoms with van der Waals surface area (Å²) >= 11 is 0. The lowest BCUT2D eigenvalue weighted by Gasteiger charge is -2.51. The minimum absolute atomic E-state index is 0.610. The molecule has 0 bridgehead atoms. The topological polar surface area (TPSA) is 22.1 Å². The molecule has 28 heavy (non-hydrogen) atoms. The SMILES string of the molecule is C[N+]1(CCOCC2CCC[N+]3(C)CCCCC23)CCCC(c2ccccn2)C1. The Kier molecular flexibility index (Phi) is 6.39. The van der Waals surface area contributed by atoms with Crippen LogP contribution in [0.5, 0.6) is 0 Å². The first-order chi connectivity index (χ1) is 13.6. The average Bonchev–Trinajstić information content (AvgIpc) is 2.71. The zero-order valence-corrected chi connectivity index (χ0v) is 18.2. The van der Waals surface area contributed by atoms with Crippen LogP contribution in [-0.4, -0.2) is 80.0 Å². The number of likely N-dealkylation sites (tertiary alicyclic amines) is 1. The summed E-state index contributed by atoms with van der Waals surface area (Å²) in [4.78, 5) is 4.63. The third kappa shape index (κ3) is 4.60. The molecule has 156 valence electrons. The standard InChI is InChI=1S/C24H41N3O/c1-26(14-7-9-21(19-26)23-11-3-5-13-25-23)17-18-28-20-22-10-8-16-27(2)15-6-4-12-24(22)27/h3,5,11,13,21-22,24H,4,6-10,12,14-20H2,1-2H3/q+2. The van der Waals surface area contributed by atoms with Gasteiger partial charge in [-0.2, -0.15) is 0 Å². The number of quaternary nitrogens is 2. The van der Waals surface area contributed by atoms with Gasteiger partial charge in [0.25, 0.3) is 0 Å². The van der Waals surface area contributed by atoms with Gasteiger partial charge in [-0.25, -0.2) is 0 Å². The Bertz CT molecular complexity index is 620. The van der Waals surface area contributed by atoms with E-state index in [1.165, 1.54) is 81.3 Å². The number of nitrogens with zero attached hydrogens (tertiary/aromatic N) is 3. The van der Waals surface area contributed by atoms with Crippen LogP contribution in [0.3, 0.4) is 0 Å². The van der Waals surface area contributed by atoms with E-state index < -0.39 is 0 Å². The van der Waals surface area contributed by atoms with Crippen molar-refractivity contribution in [1.82, 2.24) is 4.98 Å². The van der Waals surface area contributed by atoms with Crippen molar-refractivity contribution >= 4 is 0 Å². The normalized spacial score (nSPS) is 38.7. The van der Waals surface area contributed by atoms with Crippen molar-refractivity contribution in [2.75, 3.05) is 60.0 Å². The highest BCUT2D eigenvalue weighted by molar-refractivity contribution is 5.09. The van der Waals surface area contributed by atoms with Crippen molar-refractivity contribution in [3.05, 3.63) is 30.1 Å². The number of ether oxygens (including phenoxy) is 1. The van der Waals surface area contributed by atoms with E-state index in [1.807, 2.05) is 12.3 Å². The third-order valence-corrected chi connectivity index (χ3v) is 8.13. The van der Waals surface area contributed by atoms with E-state index in [9.17, 15) is 0 Å². The number of piperidine rings is 3. The molecule has 0 spiro atoms. The molecule has 0 amide bonds. The van der Waals surface area contributed by atoms with Gasteiger partial charge in [-0.3, -0.25) is 4.98 Å². The Morgan fingerprint density at radius 3 is 2.71 bits per heavy atom. The van der Waals surface area contributed by atoms with Crippen LogP contribution < -0.4 is 0 Å². The Labute approximate surface area is 172 Å². The summed E-state index contributed by atoms with van der Waals surface area (Å²) in [7, 11) is 4.93. The van der Waals surface area contributed by atoms with E-state index in [1.54, 1.807) is 0 Å². The van der Waals surface area contributed by atoms with E-state index in [2.05, 4.69) is 31.2 Å². The van der Waals surface area contributed by atoms with E-state index in [-0.39, 0.29) is 0 Å². The molecule has 1 aromatic heterocycles. The maximum absolute atomic E-state index is 6.33. The predicted octanol–water partition coefficient (Wildman–Crippen LogP) is 3.83. The predicted molar refractivity (Wildman–Crippen MR) is 114 cm³/mol. The molecule has 0 N–H and O–H groups in total. The molecule has 4 heterocycles. The molecule has 0 aromatic carbocycles. The first kappa shape index (κ1) is 20.3. The van der Waals surface area contributed by atoms with Gasteiger partial charge in [-0.05, 0) is 50.7 Å². The maximum Gasteiger partial charge on any atom is 0.102 e. The number of rotatable bonds is 6. The largest absolute Gasteiger partial charge is 0.375 e. The van der Waals surface area contributed by atoms with E-state index >= 15 is 0 Å². The van der Waals surface area contributed by atoms with Gasteiger partial charge in [0, 0.05) is 24.2 Å². The van der Waals surface area contributed by atoms with E-state index in [4.69, 9.17) is 4.74 Å². The molecule has 0 radical (unpaired) electrons. The fourth-order valence-corrected chi connectivity index (χ4v) is 6.44. The van der Waals surface area contributed by atoms with Gasteiger partial charge in [0.15, 0.2) is 0 Å². The lowest BCUT2D eigenvalue weighted by atomic mass is 9.82. The molecule has 3 fully saturated rings. The van der Waals surface area contributed by atoms with Crippen LogP contribution in [0.4, 0.5) is 0 Å². The summed E-state index contributed by atoms with van der Waals surface area (Å²) in [6.07, 6.45) is 11.6. The molecular formula is C24H41N3O+2. The highest BCUT2D eigenvalue weighted by Gasteiger charge is 2.43. The van der Waals surface area contributed by atoms with Gasteiger partial charge in [-0.15, -0.1) is 0 Å². The molecule has 3 aliphatic rings. The lowest BCUT2D eigenvalue weighted by Crippen LogP contribution is -2.61. The van der Waals surface area contributed by atoms with Crippen LogP contribution >= 0.6 is 0 Å². The van der Waals surface area contributed by atoms with Crippen LogP contribution in [0, 0.1) is 5.92 Å². The molecular weight excluding hydrogens is 346 g/mol. The number of hydrogen-bond donors (Lipinski definition) is 0. The quantitative estimate of drug-likeness (QED) is 0.547. The number of pyridine rings is 1. The van der Waals surface area contributed by atoms with Gasteiger partial charge < -0.3 is 13.7 Å². The van der Waals surface area contributed by atoms with E-state index in [0.717, 1.165) is 36.2 Å². The second-order valence-corrected chi connectivity index (χ2v) is 10.3. The van der Waals surface area contributed by atoms with Crippen molar-refractivity contribution in [3.8, 4) is 0 Å². The molecule has 5 unspecified atom stereocenters. The van der Waals surface area contributed by atoms with Crippen molar-refractivity contribution in [2.24, 2.45) is 5.92 Å². The van der Waals surface area contributed by atoms with Gasteiger partial charge in [0.2, 0.25) is 0 Å². The van der Waals surface area contributed by atoms with Crippen molar-refractivity contribution in [2.45, 2.75) is 56.9 Å². The van der Waals surface area contributed by atoms with Gasteiger partial charge >= 0.3 is 0 Å². The van der Waals surface area contributed by atoms with Crippen LogP contribution in [0.2, 0.25) is 0 Å². The number of hydrogen-bond acceptors (Lipinski definition) is 2. The van der Waals surface area contributed by atoms with Gasteiger partial charge in [0.05, 0.1) is 65.4 Å². The number of aromatic nitrogens is 1. The first-order valence-corrected chi connectivity index (χ1v) is 11.7. The second kappa shape index (κ2) is 8.81. The second-order valence-electron chi connectivity index (χ2n) is 10.3. The molecule has 4 heteroatoms. The first-order valence-electron chi connectivity index (χ1n) is 11.7. The summed E-state index contributed by atoms with van der Waals surface area (Å²) in [6.45, 7) is 8.33. The van der Waals surface area contributed by atoms with Crippen molar-refractivity contribution in [1.29, 1.82) is 0 Å². The zero-order valence-electron chi connectivity index (χ0n) is 18.2. The molecule has 4 rings (SSSR count). The zero-order chi connectivity index (χ0) is 19.5. The minimum atomic E-state index is 0.610. The van der Waals surface area contributed by atoms with Gasteiger partial charge in [-0.1, -0.05) is 6.07 Å². The smallest absolute Gasteiger partial charge is 0.102 e. The highest BCUT2D eigenvalue weighted by atomic mass is 16.5. The monoisotopic (exact) mass is 387 g/mol. The van der Waals surface area contributed by atoms with Crippen LogP contribution in [0.15, 0.2) is 24.4 Å². The van der Waals surface area contributed by atoms with Crippen LogP contribution in [0.1, 0.15) is 56.6 Å². The Morgan fingerprint density at radius 1 is 1.00 bits per heavy atom. The van der Waals surface area contributed by atoms with E-state index in [0.29, 0.717) is 5.92 Å². The molecule has 4 nitrogen and oxygen atoms in total. The maximum atomic E-state index is 6.33. The number of fused-ring (bicyclic) bond motifs is 1. The lowest BCUT2D eigenvalue weighted by molar-refractivity contribution is -0.947. The van der Waals surface area contributed by atoms with Crippen LogP contribution in [0.25, 0.3) is 0 Å². The molecule has 0 aliphatic carbocycles. The fourth-order valence-electron chi connectivity index (χ4n) is 6.44. The van der Waals surface area contributed by atoms with Crippen molar-refractivity contribution in [3.63, 3.8) is 0 Å². The summed E-state index contributed by atoms with van der Waals surface area (Å²) in [6, 6.07) is 7.22. The highest BCUT2D eigenvalue weighted by Crippen LogP contribution is 2.36. The third-order valence-electron chi connectivity index (χ3n) is 8.13. The van der Waals surface area contributed by atoms with Gasteiger partial charge in [0.1, 0.15) is 6.54 Å². The Balaban J connectivity index is 1.25. The average molecular weight is 388 g/mol. The molecule has 3 aliphatic heterocycles. The molecule has 3 saturated heterocycles.